The molecule has 4 nitrogen and oxygen atoms in total. The summed E-state index contributed by atoms with van der Waals surface area (Å²) in [7, 11) is 0. The van der Waals surface area contributed by atoms with Crippen LogP contribution in [0, 0.1) is 5.92 Å². The monoisotopic (exact) mass is 261 g/mol. The summed E-state index contributed by atoms with van der Waals surface area (Å²) in [5.41, 5.74) is 5.48. The molecule has 1 saturated heterocycles. The number of primary amides is 1. The van der Waals surface area contributed by atoms with Crippen molar-refractivity contribution in [3.8, 4) is 0 Å². The number of hydrogen-bond acceptors (Lipinski definition) is 3. The van der Waals surface area contributed by atoms with Crippen LogP contribution in [0.3, 0.4) is 0 Å². The van der Waals surface area contributed by atoms with Gasteiger partial charge in [-0.15, -0.1) is 0 Å². The van der Waals surface area contributed by atoms with E-state index in [-0.39, 0.29) is 30.7 Å². The fourth-order valence-corrected chi connectivity index (χ4v) is 3.05. The molecule has 0 aromatic rings. The average Bonchev–Trinajstić information content (AvgIpc) is 2.33. The molecule has 104 valence electrons. The van der Waals surface area contributed by atoms with Crippen LogP contribution in [0.2, 0.25) is 0 Å². The summed E-state index contributed by atoms with van der Waals surface area (Å²) < 4.78 is 26.3. The van der Waals surface area contributed by atoms with Crippen molar-refractivity contribution in [2.45, 2.75) is 37.6 Å². The second-order valence-electron chi connectivity index (χ2n) is 5.33. The van der Waals surface area contributed by atoms with E-state index in [0.717, 1.165) is 26.2 Å². The Morgan fingerprint density at radius 2 is 1.83 bits per heavy atom. The number of carbonyl (C=O) groups is 1. The Morgan fingerprint density at radius 1 is 1.28 bits per heavy atom. The highest BCUT2D eigenvalue weighted by molar-refractivity contribution is 5.80. The third-order valence-electron chi connectivity index (χ3n) is 4.04. The maximum absolute atomic E-state index is 13.1. The smallest absolute Gasteiger partial charge is 0.248 e. The second kappa shape index (κ2) is 5.48. The van der Waals surface area contributed by atoms with E-state index in [1.165, 1.54) is 0 Å². The van der Waals surface area contributed by atoms with Crippen LogP contribution < -0.4 is 11.1 Å². The van der Waals surface area contributed by atoms with Crippen molar-refractivity contribution < 1.29 is 13.6 Å². The highest BCUT2D eigenvalue weighted by Crippen LogP contribution is 2.38. The molecule has 2 fully saturated rings. The summed E-state index contributed by atoms with van der Waals surface area (Å²) in [6, 6.07) is -0.372. The van der Waals surface area contributed by atoms with E-state index in [9.17, 15) is 13.6 Å². The zero-order valence-corrected chi connectivity index (χ0v) is 10.5. The van der Waals surface area contributed by atoms with Gasteiger partial charge in [-0.1, -0.05) is 0 Å². The molecule has 1 heterocycles. The Hall–Kier alpha value is -0.750. The van der Waals surface area contributed by atoms with E-state index < -0.39 is 5.92 Å². The van der Waals surface area contributed by atoms with Crippen LogP contribution >= 0.6 is 0 Å². The van der Waals surface area contributed by atoms with Gasteiger partial charge >= 0.3 is 0 Å². The number of rotatable bonds is 3. The highest BCUT2D eigenvalue weighted by Gasteiger charge is 2.41. The van der Waals surface area contributed by atoms with Gasteiger partial charge in [-0.2, -0.15) is 0 Å². The molecule has 1 aliphatic heterocycles. The number of amides is 1. The minimum absolute atomic E-state index is 0.0137. The average molecular weight is 261 g/mol. The third-order valence-corrected chi connectivity index (χ3v) is 4.04. The Labute approximate surface area is 106 Å². The lowest BCUT2D eigenvalue weighted by molar-refractivity contribution is -0.128. The minimum Gasteiger partial charge on any atom is -0.368 e. The number of nitrogens with two attached hydrogens (primary N) is 1. The maximum atomic E-state index is 13.1. The van der Waals surface area contributed by atoms with Gasteiger partial charge in [0.25, 0.3) is 0 Å². The summed E-state index contributed by atoms with van der Waals surface area (Å²) in [4.78, 5) is 13.7. The van der Waals surface area contributed by atoms with E-state index in [0.29, 0.717) is 12.8 Å². The first kappa shape index (κ1) is 13.7. The maximum Gasteiger partial charge on any atom is 0.248 e. The molecule has 1 unspecified atom stereocenters. The summed E-state index contributed by atoms with van der Waals surface area (Å²) >= 11 is 0. The van der Waals surface area contributed by atoms with Crippen molar-refractivity contribution in [1.29, 1.82) is 0 Å². The molecule has 2 rings (SSSR count). The molecule has 1 saturated carbocycles. The van der Waals surface area contributed by atoms with Gasteiger partial charge in [0.15, 0.2) is 0 Å². The van der Waals surface area contributed by atoms with E-state index in [1.807, 2.05) is 4.90 Å². The SMILES string of the molecule is NC(=O)C(C1CCC(F)(F)CC1)N1CCNCC1. The number of nitrogens with one attached hydrogen (secondary N) is 1. The van der Waals surface area contributed by atoms with Crippen molar-refractivity contribution in [1.82, 2.24) is 10.2 Å². The Morgan fingerprint density at radius 3 is 2.33 bits per heavy atom. The highest BCUT2D eigenvalue weighted by atomic mass is 19.3. The minimum atomic E-state index is -2.55. The van der Waals surface area contributed by atoms with Crippen molar-refractivity contribution in [2.75, 3.05) is 26.2 Å². The molecule has 1 aliphatic carbocycles. The van der Waals surface area contributed by atoms with Crippen LogP contribution in [0.25, 0.3) is 0 Å². The topological polar surface area (TPSA) is 58.4 Å². The first-order valence-electron chi connectivity index (χ1n) is 6.61. The first-order chi connectivity index (χ1) is 8.49. The lowest BCUT2D eigenvalue weighted by atomic mass is 9.81. The Bertz CT molecular complexity index is 296. The molecule has 18 heavy (non-hydrogen) atoms. The standard InChI is InChI=1S/C12H21F2N3O/c13-12(14)3-1-9(2-4-12)10(11(15)18)17-7-5-16-6-8-17/h9-10,16H,1-8H2,(H2,15,18). The summed E-state index contributed by atoms with van der Waals surface area (Å²) in [6.45, 7) is 3.18. The van der Waals surface area contributed by atoms with Crippen molar-refractivity contribution in [3.05, 3.63) is 0 Å². The summed E-state index contributed by atoms with van der Waals surface area (Å²) in [6.07, 6.45) is 0.552. The van der Waals surface area contributed by atoms with Gasteiger partial charge in [0.1, 0.15) is 0 Å². The summed E-state index contributed by atoms with van der Waals surface area (Å²) in [5.74, 6) is -2.94. The molecule has 3 N–H and O–H groups in total. The number of nitrogens with zero attached hydrogens (tertiary/aromatic N) is 1. The summed E-state index contributed by atoms with van der Waals surface area (Å²) in [5, 5.41) is 3.21. The Balaban J connectivity index is 1.99. The van der Waals surface area contributed by atoms with Gasteiger partial charge in [-0.05, 0) is 18.8 Å². The van der Waals surface area contributed by atoms with Gasteiger partial charge in [-0.3, -0.25) is 9.69 Å². The van der Waals surface area contributed by atoms with Gasteiger partial charge in [0.05, 0.1) is 6.04 Å². The normalized spacial score (nSPS) is 27.9. The third kappa shape index (κ3) is 3.17. The van der Waals surface area contributed by atoms with Gasteiger partial charge in [0, 0.05) is 39.0 Å². The molecule has 0 aromatic carbocycles. The predicted octanol–water partition coefficient (Wildman–Crippen LogP) is 0.571. The van der Waals surface area contributed by atoms with Crippen LogP contribution in [0.15, 0.2) is 0 Å². The number of hydrogen-bond donors (Lipinski definition) is 2. The van der Waals surface area contributed by atoms with Gasteiger partial charge in [-0.25, -0.2) is 8.78 Å². The van der Waals surface area contributed by atoms with E-state index in [4.69, 9.17) is 5.73 Å². The van der Waals surface area contributed by atoms with Crippen LogP contribution in [0.1, 0.15) is 25.7 Å². The van der Waals surface area contributed by atoms with Crippen LogP contribution in [0.5, 0.6) is 0 Å². The van der Waals surface area contributed by atoms with Gasteiger partial charge in [0.2, 0.25) is 11.8 Å². The van der Waals surface area contributed by atoms with Crippen LogP contribution in [-0.2, 0) is 4.79 Å². The number of carbonyl (C=O) groups excluding carboxylic acids is 1. The van der Waals surface area contributed by atoms with E-state index in [1.54, 1.807) is 0 Å². The fourth-order valence-electron chi connectivity index (χ4n) is 3.05. The van der Waals surface area contributed by atoms with Gasteiger partial charge < -0.3 is 11.1 Å². The molecule has 0 spiro atoms. The molecule has 0 aromatic heterocycles. The fraction of sp³-hybridized carbons (Fsp3) is 0.917. The van der Waals surface area contributed by atoms with Crippen molar-refractivity contribution in [3.63, 3.8) is 0 Å². The molecule has 0 radical (unpaired) electrons. The molecule has 1 amide bonds. The molecule has 6 heteroatoms. The molecular formula is C12H21F2N3O. The molecule has 0 bridgehead atoms. The number of alkyl halides is 2. The quantitative estimate of drug-likeness (QED) is 0.781. The van der Waals surface area contributed by atoms with Crippen molar-refractivity contribution >= 4 is 5.91 Å². The lowest BCUT2D eigenvalue weighted by Gasteiger charge is -2.40. The Kier molecular flexibility index (Phi) is 4.17. The van der Waals surface area contributed by atoms with E-state index >= 15 is 0 Å². The zero-order chi connectivity index (χ0) is 13.2. The zero-order valence-electron chi connectivity index (χ0n) is 10.5. The molecule has 2 aliphatic rings. The first-order valence-corrected chi connectivity index (χ1v) is 6.61. The van der Waals surface area contributed by atoms with Crippen LogP contribution in [0.4, 0.5) is 8.78 Å². The molecule has 1 atom stereocenters. The largest absolute Gasteiger partial charge is 0.368 e. The lowest BCUT2D eigenvalue weighted by Crippen LogP contribution is -2.56. The van der Waals surface area contributed by atoms with E-state index in [2.05, 4.69) is 5.32 Å². The predicted molar refractivity (Wildman–Crippen MR) is 64.3 cm³/mol. The second-order valence-corrected chi connectivity index (χ2v) is 5.33. The van der Waals surface area contributed by atoms with Crippen molar-refractivity contribution in [2.24, 2.45) is 11.7 Å². The number of piperazine rings is 1. The van der Waals surface area contributed by atoms with Crippen LogP contribution in [-0.4, -0.2) is 49.0 Å². The molecular weight excluding hydrogens is 240 g/mol. The number of halogens is 2.